The Morgan fingerprint density at radius 2 is 1.81 bits per heavy atom. The number of halogens is 1. The maximum absolute atomic E-state index is 12.7. The summed E-state index contributed by atoms with van der Waals surface area (Å²) in [4.78, 5) is 12.7. The Hall–Kier alpha value is -2.40. The molecule has 1 amide bonds. The van der Waals surface area contributed by atoms with Crippen LogP contribution in [-0.2, 0) is 21.9 Å². The average molecular weight is 494 g/mol. The van der Waals surface area contributed by atoms with E-state index in [1.807, 2.05) is 42.8 Å². The molecule has 1 aromatic heterocycles. The summed E-state index contributed by atoms with van der Waals surface area (Å²) in [7, 11) is 0.940. The molecule has 0 fully saturated rings. The second kappa shape index (κ2) is 9.62. The topological polar surface area (TPSA) is 97.2 Å². The van der Waals surface area contributed by atoms with E-state index in [-0.39, 0.29) is 15.8 Å². The third-order valence-electron chi connectivity index (χ3n) is 4.75. The van der Waals surface area contributed by atoms with Crippen LogP contribution in [0.15, 0.2) is 52.5 Å². The standard InChI is InChI=1S/C21H24ClN5O3S2/c1-13-6-8-15(9-7-13)19-24-25-21(27(19)5)31-14(2)20(28)23-16-10-11-17(22)18(12-16)32(29,30)26(3)4/h6-12,14H,1-5H3,(H,23,28). The summed E-state index contributed by atoms with van der Waals surface area (Å²) in [5, 5.41) is 11.4. The lowest BCUT2D eigenvalue weighted by Gasteiger charge is -2.15. The first-order valence-corrected chi connectivity index (χ1v) is 12.4. The van der Waals surface area contributed by atoms with Crippen molar-refractivity contribution in [3.05, 3.63) is 53.1 Å². The van der Waals surface area contributed by atoms with E-state index in [0.717, 1.165) is 15.4 Å². The van der Waals surface area contributed by atoms with Gasteiger partial charge in [0, 0.05) is 32.4 Å². The van der Waals surface area contributed by atoms with Crippen LogP contribution in [0.3, 0.4) is 0 Å². The number of anilines is 1. The minimum Gasteiger partial charge on any atom is -0.325 e. The molecule has 1 heterocycles. The second-order valence-corrected chi connectivity index (χ2v) is 11.2. The van der Waals surface area contributed by atoms with Crippen molar-refractivity contribution < 1.29 is 13.2 Å². The Morgan fingerprint density at radius 1 is 1.16 bits per heavy atom. The van der Waals surface area contributed by atoms with E-state index in [1.54, 1.807) is 13.0 Å². The van der Waals surface area contributed by atoms with Crippen molar-refractivity contribution in [3.63, 3.8) is 0 Å². The lowest BCUT2D eigenvalue weighted by molar-refractivity contribution is -0.115. The highest BCUT2D eigenvalue weighted by molar-refractivity contribution is 8.00. The van der Waals surface area contributed by atoms with E-state index in [2.05, 4.69) is 15.5 Å². The number of benzene rings is 2. The zero-order chi connectivity index (χ0) is 23.6. The second-order valence-electron chi connectivity index (χ2n) is 7.41. The van der Waals surface area contributed by atoms with Crippen LogP contribution in [0, 0.1) is 6.92 Å². The van der Waals surface area contributed by atoms with Crippen molar-refractivity contribution in [1.29, 1.82) is 0 Å². The number of aromatic nitrogens is 3. The van der Waals surface area contributed by atoms with Gasteiger partial charge in [-0.25, -0.2) is 12.7 Å². The molecule has 0 aliphatic carbocycles. The predicted molar refractivity (Wildman–Crippen MR) is 127 cm³/mol. The average Bonchev–Trinajstić information content (AvgIpc) is 3.09. The van der Waals surface area contributed by atoms with Crippen LogP contribution in [0.25, 0.3) is 11.4 Å². The van der Waals surface area contributed by atoms with Gasteiger partial charge in [-0.1, -0.05) is 53.2 Å². The number of carbonyl (C=O) groups is 1. The van der Waals surface area contributed by atoms with Crippen molar-refractivity contribution in [2.45, 2.75) is 29.1 Å². The van der Waals surface area contributed by atoms with Crippen LogP contribution in [0.4, 0.5) is 5.69 Å². The van der Waals surface area contributed by atoms with Crippen molar-refractivity contribution in [1.82, 2.24) is 19.1 Å². The first-order chi connectivity index (χ1) is 15.0. The van der Waals surface area contributed by atoms with Gasteiger partial charge in [0.2, 0.25) is 15.9 Å². The molecule has 32 heavy (non-hydrogen) atoms. The highest BCUT2D eigenvalue weighted by Gasteiger charge is 2.23. The molecule has 1 unspecified atom stereocenters. The molecule has 8 nitrogen and oxygen atoms in total. The lowest BCUT2D eigenvalue weighted by Crippen LogP contribution is -2.24. The molecular weight excluding hydrogens is 470 g/mol. The zero-order valence-electron chi connectivity index (χ0n) is 18.3. The van der Waals surface area contributed by atoms with Crippen LogP contribution < -0.4 is 5.32 Å². The maximum atomic E-state index is 12.7. The molecule has 0 saturated heterocycles. The molecule has 3 aromatic rings. The lowest BCUT2D eigenvalue weighted by atomic mass is 10.1. The normalized spacial score (nSPS) is 12.7. The van der Waals surface area contributed by atoms with E-state index in [4.69, 9.17) is 11.6 Å². The van der Waals surface area contributed by atoms with Crippen molar-refractivity contribution in [2.24, 2.45) is 7.05 Å². The van der Waals surface area contributed by atoms with Gasteiger partial charge in [-0.05, 0) is 32.0 Å². The van der Waals surface area contributed by atoms with Crippen LogP contribution in [0.2, 0.25) is 5.02 Å². The van der Waals surface area contributed by atoms with E-state index in [1.165, 1.54) is 38.0 Å². The van der Waals surface area contributed by atoms with Crippen LogP contribution in [-0.4, -0.2) is 52.7 Å². The first-order valence-electron chi connectivity index (χ1n) is 9.66. The molecule has 2 aromatic carbocycles. The molecule has 1 N–H and O–H groups in total. The molecule has 1 atom stereocenters. The van der Waals surface area contributed by atoms with E-state index >= 15 is 0 Å². The van der Waals surface area contributed by atoms with Crippen LogP contribution >= 0.6 is 23.4 Å². The van der Waals surface area contributed by atoms with Crippen molar-refractivity contribution in [3.8, 4) is 11.4 Å². The minimum absolute atomic E-state index is 0.0710. The van der Waals surface area contributed by atoms with Crippen LogP contribution in [0.5, 0.6) is 0 Å². The summed E-state index contributed by atoms with van der Waals surface area (Å²) >= 11 is 7.33. The largest absolute Gasteiger partial charge is 0.325 e. The van der Waals surface area contributed by atoms with E-state index < -0.39 is 15.3 Å². The number of hydrogen-bond donors (Lipinski definition) is 1. The predicted octanol–water partition coefficient (Wildman–Crippen LogP) is 3.81. The maximum Gasteiger partial charge on any atom is 0.244 e. The molecule has 11 heteroatoms. The van der Waals surface area contributed by atoms with E-state index in [0.29, 0.717) is 16.7 Å². The fourth-order valence-electron chi connectivity index (χ4n) is 2.80. The summed E-state index contributed by atoms with van der Waals surface area (Å²) < 4.78 is 27.8. The highest BCUT2D eigenvalue weighted by atomic mass is 35.5. The Morgan fingerprint density at radius 3 is 2.44 bits per heavy atom. The molecular formula is C21H24ClN5O3S2. The quantitative estimate of drug-likeness (QED) is 0.502. The summed E-state index contributed by atoms with van der Waals surface area (Å²) in [5.41, 5.74) is 2.43. The molecule has 0 aliphatic heterocycles. The highest BCUT2D eigenvalue weighted by Crippen LogP contribution is 2.29. The number of nitrogens with one attached hydrogen (secondary N) is 1. The van der Waals surface area contributed by atoms with Gasteiger partial charge < -0.3 is 9.88 Å². The van der Waals surface area contributed by atoms with Gasteiger partial charge in [0.25, 0.3) is 0 Å². The number of sulfonamides is 1. The monoisotopic (exact) mass is 493 g/mol. The molecule has 0 saturated carbocycles. The Kier molecular flexibility index (Phi) is 7.29. The van der Waals surface area contributed by atoms with Gasteiger partial charge in [0.1, 0.15) is 4.90 Å². The van der Waals surface area contributed by atoms with Gasteiger partial charge in [-0.2, -0.15) is 0 Å². The number of rotatable bonds is 7. The third kappa shape index (κ3) is 5.15. The Bertz CT molecular complexity index is 1240. The van der Waals surface area contributed by atoms with Gasteiger partial charge in [0.05, 0.1) is 10.3 Å². The van der Waals surface area contributed by atoms with E-state index in [9.17, 15) is 13.2 Å². The Balaban J connectivity index is 1.74. The minimum atomic E-state index is -3.74. The number of thioether (sulfide) groups is 1. The zero-order valence-corrected chi connectivity index (χ0v) is 20.7. The smallest absolute Gasteiger partial charge is 0.244 e. The number of amides is 1. The number of nitrogens with zero attached hydrogens (tertiary/aromatic N) is 4. The summed E-state index contributed by atoms with van der Waals surface area (Å²) in [6.07, 6.45) is 0. The van der Waals surface area contributed by atoms with Crippen molar-refractivity contribution in [2.75, 3.05) is 19.4 Å². The van der Waals surface area contributed by atoms with Gasteiger partial charge >= 0.3 is 0 Å². The fraction of sp³-hybridized carbons (Fsp3) is 0.286. The molecule has 0 spiro atoms. The molecule has 0 bridgehead atoms. The Labute approximate surface area is 197 Å². The molecule has 0 aliphatic rings. The van der Waals surface area contributed by atoms with Crippen LogP contribution in [0.1, 0.15) is 12.5 Å². The van der Waals surface area contributed by atoms with Gasteiger partial charge in [-0.3, -0.25) is 4.79 Å². The SMILES string of the molecule is Cc1ccc(-c2nnc(SC(C)C(=O)Nc3ccc(Cl)c(S(=O)(=O)N(C)C)c3)n2C)cc1. The third-order valence-corrected chi connectivity index (χ3v) is 8.18. The molecule has 170 valence electrons. The molecule has 0 radical (unpaired) electrons. The van der Waals surface area contributed by atoms with Crippen molar-refractivity contribution >= 4 is 45.0 Å². The number of aryl methyl sites for hydroxylation is 1. The fourth-order valence-corrected chi connectivity index (χ4v) is 5.01. The number of carbonyl (C=O) groups excluding carboxylic acids is 1. The summed E-state index contributed by atoms with van der Waals surface area (Å²) in [6, 6.07) is 12.3. The van der Waals surface area contributed by atoms with Gasteiger partial charge in [0.15, 0.2) is 11.0 Å². The summed E-state index contributed by atoms with van der Waals surface area (Å²) in [6.45, 7) is 3.76. The summed E-state index contributed by atoms with van der Waals surface area (Å²) in [5.74, 6) is 0.404. The molecule has 3 rings (SSSR count). The first kappa shape index (κ1) is 24.2. The number of hydrogen-bond acceptors (Lipinski definition) is 6. The van der Waals surface area contributed by atoms with Gasteiger partial charge in [-0.15, -0.1) is 10.2 Å².